The minimum Gasteiger partial charge on any atom is -0.494 e. The summed E-state index contributed by atoms with van der Waals surface area (Å²) >= 11 is 5.91. The van der Waals surface area contributed by atoms with E-state index in [1.807, 2.05) is 37.3 Å². The van der Waals surface area contributed by atoms with E-state index < -0.39 is 17.8 Å². The molecule has 4 aromatic carbocycles. The summed E-state index contributed by atoms with van der Waals surface area (Å²) in [4.78, 5) is 37.4. The SMILES string of the molecule is CCCOc1ccc(C(=O)NCC(=O)N/N=C\c2c(OC(=O)c3ccc(Cl)cc3)ccc3ccccc23)cc1. The van der Waals surface area contributed by atoms with Gasteiger partial charge in [0.1, 0.15) is 11.5 Å². The molecule has 0 saturated carbocycles. The highest BCUT2D eigenvalue weighted by Gasteiger charge is 2.14. The third-order valence-electron chi connectivity index (χ3n) is 5.60. The fraction of sp³-hybridized carbons (Fsp3) is 0.133. The normalized spacial score (nSPS) is 10.8. The number of hydrogen-bond donors (Lipinski definition) is 2. The van der Waals surface area contributed by atoms with Crippen LogP contribution in [0.3, 0.4) is 0 Å². The average Bonchev–Trinajstić information content (AvgIpc) is 2.96. The number of hydrazone groups is 1. The van der Waals surface area contributed by atoms with Gasteiger partial charge in [-0.15, -0.1) is 0 Å². The molecule has 0 unspecified atom stereocenters. The maximum Gasteiger partial charge on any atom is 0.343 e. The van der Waals surface area contributed by atoms with Crippen LogP contribution in [0.2, 0.25) is 5.02 Å². The van der Waals surface area contributed by atoms with Gasteiger partial charge < -0.3 is 14.8 Å². The second-order valence-corrected chi connectivity index (χ2v) is 8.88. The second kappa shape index (κ2) is 13.2. The summed E-state index contributed by atoms with van der Waals surface area (Å²) in [6.45, 7) is 2.32. The van der Waals surface area contributed by atoms with Gasteiger partial charge in [-0.3, -0.25) is 9.59 Å². The average molecular weight is 544 g/mol. The lowest BCUT2D eigenvalue weighted by Gasteiger charge is -2.11. The standard InChI is InChI=1S/C30H26ClN3O5/c1-2-17-38-24-14-9-21(10-15-24)29(36)32-19-28(35)34-33-18-26-25-6-4-3-5-20(25)11-16-27(26)39-30(37)22-7-12-23(31)13-8-22/h3-16,18H,2,17,19H2,1H3,(H,32,36)(H,34,35)/b33-18-. The van der Waals surface area contributed by atoms with Crippen LogP contribution in [0, 0.1) is 0 Å². The minimum atomic E-state index is -0.562. The zero-order chi connectivity index (χ0) is 27.6. The van der Waals surface area contributed by atoms with E-state index in [1.54, 1.807) is 54.6 Å². The Hall–Kier alpha value is -4.69. The number of fused-ring (bicyclic) bond motifs is 1. The lowest BCUT2D eigenvalue weighted by molar-refractivity contribution is -0.120. The molecule has 0 heterocycles. The molecule has 4 aromatic rings. The summed E-state index contributed by atoms with van der Waals surface area (Å²) in [6, 6.07) is 24.0. The van der Waals surface area contributed by atoms with Gasteiger partial charge in [-0.25, -0.2) is 10.2 Å². The Kier molecular flexibility index (Phi) is 9.26. The largest absolute Gasteiger partial charge is 0.494 e. The Balaban J connectivity index is 1.40. The van der Waals surface area contributed by atoms with Gasteiger partial charge in [-0.1, -0.05) is 48.9 Å². The maximum absolute atomic E-state index is 12.7. The first-order valence-electron chi connectivity index (χ1n) is 12.3. The monoisotopic (exact) mass is 543 g/mol. The highest BCUT2D eigenvalue weighted by atomic mass is 35.5. The van der Waals surface area contributed by atoms with Crippen molar-refractivity contribution < 1.29 is 23.9 Å². The molecule has 2 amide bonds. The molecule has 9 heteroatoms. The topological polar surface area (TPSA) is 106 Å². The molecule has 198 valence electrons. The van der Waals surface area contributed by atoms with E-state index in [4.69, 9.17) is 21.1 Å². The smallest absolute Gasteiger partial charge is 0.343 e. The zero-order valence-corrected chi connectivity index (χ0v) is 21.9. The van der Waals surface area contributed by atoms with Crippen molar-refractivity contribution in [2.45, 2.75) is 13.3 Å². The number of carbonyl (C=O) groups is 3. The van der Waals surface area contributed by atoms with E-state index in [1.165, 1.54) is 6.21 Å². The van der Waals surface area contributed by atoms with Crippen molar-refractivity contribution in [2.24, 2.45) is 5.10 Å². The summed E-state index contributed by atoms with van der Waals surface area (Å²) in [5.74, 6) is -0.546. The zero-order valence-electron chi connectivity index (χ0n) is 21.1. The molecule has 0 spiro atoms. The Morgan fingerprint density at radius 2 is 1.62 bits per heavy atom. The van der Waals surface area contributed by atoms with E-state index >= 15 is 0 Å². The molecule has 0 aliphatic rings. The third kappa shape index (κ3) is 7.43. The maximum atomic E-state index is 12.7. The molecule has 2 N–H and O–H groups in total. The first-order valence-corrected chi connectivity index (χ1v) is 12.6. The van der Waals surface area contributed by atoms with Gasteiger partial charge in [0, 0.05) is 16.1 Å². The molecule has 0 fully saturated rings. The van der Waals surface area contributed by atoms with Gasteiger partial charge in [0.25, 0.3) is 11.8 Å². The summed E-state index contributed by atoms with van der Waals surface area (Å²) in [5.41, 5.74) is 3.64. The van der Waals surface area contributed by atoms with Gasteiger partial charge in [-0.05, 0) is 71.8 Å². The van der Waals surface area contributed by atoms with Crippen molar-refractivity contribution in [3.8, 4) is 11.5 Å². The van der Waals surface area contributed by atoms with Crippen LogP contribution in [0.25, 0.3) is 10.8 Å². The van der Waals surface area contributed by atoms with Crippen LogP contribution in [0.5, 0.6) is 11.5 Å². The number of rotatable bonds is 10. The highest BCUT2D eigenvalue weighted by Crippen LogP contribution is 2.27. The van der Waals surface area contributed by atoms with E-state index in [0.29, 0.717) is 34.1 Å². The van der Waals surface area contributed by atoms with Gasteiger partial charge in [0.15, 0.2) is 0 Å². The lowest BCUT2D eigenvalue weighted by atomic mass is 10.0. The van der Waals surface area contributed by atoms with Gasteiger partial charge in [0.2, 0.25) is 0 Å². The van der Waals surface area contributed by atoms with E-state index in [0.717, 1.165) is 17.2 Å². The minimum absolute atomic E-state index is 0.270. The van der Waals surface area contributed by atoms with Crippen LogP contribution < -0.4 is 20.2 Å². The molecule has 39 heavy (non-hydrogen) atoms. The Bertz CT molecular complexity index is 1500. The predicted molar refractivity (Wildman–Crippen MR) is 151 cm³/mol. The summed E-state index contributed by atoms with van der Waals surface area (Å²) < 4.78 is 11.2. The number of esters is 1. The quantitative estimate of drug-likeness (QED) is 0.121. The van der Waals surface area contributed by atoms with E-state index in [2.05, 4.69) is 15.8 Å². The Labute approximate surface area is 230 Å². The molecule has 4 rings (SSSR count). The number of amides is 2. The summed E-state index contributed by atoms with van der Waals surface area (Å²) in [7, 11) is 0. The third-order valence-corrected chi connectivity index (χ3v) is 5.85. The predicted octanol–water partition coefficient (Wildman–Crippen LogP) is 5.38. The first-order chi connectivity index (χ1) is 18.9. The van der Waals surface area contributed by atoms with Crippen molar-refractivity contribution in [2.75, 3.05) is 13.2 Å². The van der Waals surface area contributed by atoms with E-state index in [9.17, 15) is 14.4 Å². The van der Waals surface area contributed by atoms with Crippen LogP contribution in [0.1, 0.15) is 39.6 Å². The van der Waals surface area contributed by atoms with Crippen molar-refractivity contribution in [3.05, 3.63) is 107 Å². The number of hydrogen-bond acceptors (Lipinski definition) is 6. The number of benzene rings is 4. The highest BCUT2D eigenvalue weighted by molar-refractivity contribution is 6.30. The molecule has 0 bridgehead atoms. The van der Waals surface area contributed by atoms with Gasteiger partial charge >= 0.3 is 5.97 Å². The van der Waals surface area contributed by atoms with Gasteiger partial charge in [-0.2, -0.15) is 5.10 Å². The molecular weight excluding hydrogens is 518 g/mol. The fourth-order valence-corrected chi connectivity index (χ4v) is 3.76. The van der Waals surface area contributed by atoms with Crippen LogP contribution in [0.15, 0.2) is 90.0 Å². The number of carbonyl (C=O) groups excluding carboxylic acids is 3. The number of nitrogens with one attached hydrogen (secondary N) is 2. The fourth-order valence-electron chi connectivity index (χ4n) is 3.64. The number of nitrogens with zero attached hydrogens (tertiary/aromatic N) is 1. The van der Waals surface area contributed by atoms with Crippen molar-refractivity contribution in [3.63, 3.8) is 0 Å². The molecule has 0 aliphatic carbocycles. The van der Waals surface area contributed by atoms with Crippen molar-refractivity contribution in [1.82, 2.24) is 10.7 Å². The van der Waals surface area contributed by atoms with Crippen LogP contribution in [-0.4, -0.2) is 37.1 Å². The van der Waals surface area contributed by atoms with Crippen LogP contribution in [-0.2, 0) is 4.79 Å². The molecule has 0 aromatic heterocycles. The molecule has 0 saturated heterocycles. The van der Waals surface area contributed by atoms with Gasteiger partial charge in [0.05, 0.1) is 24.9 Å². The van der Waals surface area contributed by atoms with Crippen LogP contribution in [0.4, 0.5) is 0 Å². The molecule has 0 radical (unpaired) electrons. The van der Waals surface area contributed by atoms with Crippen LogP contribution >= 0.6 is 11.6 Å². The Morgan fingerprint density at radius 3 is 2.36 bits per heavy atom. The number of halogens is 1. The Morgan fingerprint density at radius 1 is 0.897 bits per heavy atom. The second-order valence-electron chi connectivity index (χ2n) is 8.44. The summed E-state index contributed by atoms with van der Waals surface area (Å²) in [5, 5.41) is 8.77. The molecule has 0 aliphatic heterocycles. The lowest BCUT2D eigenvalue weighted by Crippen LogP contribution is -2.34. The first kappa shape index (κ1) is 27.3. The molecule has 0 atom stereocenters. The number of ether oxygens (including phenoxy) is 2. The van der Waals surface area contributed by atoms with E-state index in [-0.39, 0.29) is 12.3 Å². The molecule has 8 nitrogen and oxygen atoms in total. The van der Waals surface area contributed by atoms with Crippen molar-refractivity contribution in [1.29, 1.82) is 0 Å². The summed E-state index contributed by atoms with van der Waals surface area (Å²) in [6.07, 6.45) is 2.29. The van der Waals surface area contributed by atoms with Crippen molar-refractivity contribution >= 4 is 46.4 Å². The molecular formula is C30H26ClN3O5.